The Balaban J connectivity index is 1.95. The van der Waals surface area contributed by atoms with Crippen molar-refractivity contribution in [2.45, 2.75) is 25.3 Å². The lowest BCUT2D eigenvalue weighted by molar-refractivity contribution is 0.0682. The van der Waals surface area contributed by atoms with Gasteiger partial charge in [-0.15, -0.1) is 0 Å². The predicted molar refractivity (Wildman–Crippen MR) is 76.6 cm³/mol. The molecule has 19 heavy (non-hydrogen) atoms. The molecule has 1 N–H and O–H groups in total. The summed E-state index contributed by atoms with van der Waals surface area (Å²) in [6.45, 7) is 0. The van der Waals surface area contributed by atoms with E-state index in [4.69, 9.17) is 0 Å². The summed E-state index contributed by atoms with van der Waals surface area (Å²) in [5, 5.41) is 9.26. The van der Waals surface area contributed by atoms with E-state index in [1.165, 1.54) is 11.1 Å². The molecular weight excluding hydrogens is 306 g/mol. The second-order valence-corrected chi connectivity index (χ2v) is 5.84. The van der Waals surface area contributed by atoms with Gasteiger partial charge in [0, 0.05) is 16.7 Å². The SMILES string of the molecule is O=C(O)c1cc(Br)cn1C1CCc2ccccc2C1. The summed E-state index contributed by atoms with van der Waals surface area (Å²) in [6, 6.07) is 10.3. The van der Waals surface area contributed by atoms with Gasteiger partial charge in [0.25, 0.3) is 0 Å². The molecule has 0 aliphatic heterocycles. The van der Waals surface area contributed by atoms with Crippen molar-refractivity contribution < 1.29 is 9.90 Å². The second kappa shape index (κ2) is 4.85. The fourth-order valence-corrected chi connectivity index (χ4v) is 3.27. The van der Waals surface area contributed by atoms with E-state index >= 15 is 0 Å². The monoisotopic (exact) mass is 319 g/mol. The van der Waals surface area contributed by atoms with Crippen LogP contribution in [0.3, 0.4) is 0 Å². The molecule has 2 aromatic rings. The zero-order valence-corrected chi connectivity index (χ0v) is 11.9. The summed E-state index contributed by atoms with van der Waals surface area (Å²) in [5.74, 6) is -0.871. The summed E-state index contributed by atoms with van der Waals surface area (Å²) in [5.41, 5.74) is 3.08. The number of nitrogens with zero attached hydrogens (tertiary/aromatic N) is 1. The van der Waals surface area contributed by atoms with Crippen LogP contribution in [0.15, 0.2) is 41.0 Å². The van der Waals surface area contributed by atoms with Gasteiger partial charge in [0.2, 0.25) is 0 Å². The minimum Gasteiger partial charge on any atom is -0.477 e. The highest BCUT2D eigenvalue weighted by molar-refractivity contribution is 9.10. The van der Waals surface area contributed by atoms with E-state index in [1.54, 1.807) is 6.07 Å². The molecule has 0 saturated carbocycles. The topological polar surface area (TPSA) is 42.2 Å². The molecule has 0 saturated heterocycles. The first-order chi connectivity index (χ1) is 9.15. The van der Waals surface area contributed by atoms with Crippen LogP contribution in [-0.4, -0.2) is 15.6 Å². The molecule has 1 unspecified atom stereocenters. The number of rotatable bonds is 2. The fraction of sp³-hybridized carbons (Fsp3) is 0.267. The standard InChI is InChI=1S/C15H14BrNO2/c16-12-8-14(15(18)19)17(9-12)13-6-5-10-3-1-2-4-11(10)7-13/h1-4,8-9,13H,5-7H2,(H,18,19). The maximum absolute atomic E-state index is 11.3. The van der Waals surface area contributed by atoms with E-state index < -0.39 is 5.97 Å². The third kappa shape index (κ3) is 2.32. The van der Waals surface area contributed by atoms with Gasteiger partial charge in [-0.05, 0) is 52.4 Å². The molecule has 1 aliphatic rings. The smallest absolute Gasteiger partial charge is 0.352 e. The zero-order valence-electron chi connectivity index (χ0n) is 10.3. The number of hydrogen-bond donors (Lipinski definition) is 1. The highest BCUT2D eigenvalue weighted by Crippen LogP contribution is 2.31. The molecule has 1 aromatic heterocycles. The Labute approximate surface area is 120 Å². The Morgan fingerprint density at radius 3 is 2.79 bits per heavy atom. The number of carboxylic acid groups (broad SMARTS) is 1. The molecule has 1 heterocycles. The van der Waals surface area contributed by atoms with Crippen molar-refractivity contribution >= 4 is 21.9 Å². The molecule has 98 valence electrons. The highest BCUT2D eigenvalue weighted by Gasteiger charge is 2.23. The minimum absolute atomic E-state index is 0.229. The molecule has 3 nitrogen and oxygen atoms in total. The van der Waals surface area contributed by atoms with Gasteiger partial charge in [-0.25, -0.2) is 4.79 Å². The van der Waals surface area contributed by atoms with Crippen LogP contribution in [-0.2, 0) is 12.8 Å². The van der Waals surface area contributed by atoms with E-state index in [2.05, 4.69) is 34.1 Å². The summed E-state index contributed by atoms with van der Waals surface area (Å²) >= 11 is 3.37. The lowest BCUT2D eigenvalue weighted by Crippen LogP contribution is -2.21. The van der Waals surface area contributed by atoms with Gasteiger partial charge in [0.05, 0.1) is 0 Å². The number of aryl methyl sites for hydroxylation is 1. The Hall–Kier alpha value is -1.55. The van der Waals surface area contributed by atoms with Gasteiger partial charge >= 0.3 is 5.97 Å². The van der Waals surface area contributed by atoms with Crippen LogP contribution in [0.1, 0.15) is 34.1 Å². The summed E-state index contributed by atoms with van der Waals surface area (Å²) in [6.07, 6.45) is 4.77. The van der Waals surface area contributed by atoms with Crippen LogP contribution in [0.5, 0.6) is 0 Å². The van der Waals surface area contributed by atoms with Gasteiger partial charge in [0.1, 0.15) is 5.69 Å². The molecule has 0 fully saturated rings. The zero-order chi connectivity index (χ0) is 13.4. The van der Waals surface area contributed by atoms with Gasteiger partial charge in [-0.3, -0.25) is 0 Å². The molecule has 0 bridgehead atoms. The van der Waals surface area contributed by atoms with E-state index in [-0.39, 0.29) is 6.04 Å². The third-order valence-corrected chi connectivity index (χ3v) is 4.18. The summed E-state index contributed by atoms with van der Waals surface area (Å²) in [4.78, 5) is 11.3. The number of carboxylic acids is 1. The van der Waals surface area contributed by atoms with Crippen LogP contribution in [0.2, 0.25) is 0 Å². The molecule has 0 radical (unpaired) electrons. The minimum atomic E-state index is -0.871. The van der Waals surface area contributed by atoms with Crippen LogP contribution in [0, 0.1) is 0 Å². The quantitative estimate of drug-likeness (QED) is 0.917. The largest absolute Gasteiger partial charge is 0.477 e. The van der Waals surface area contributed by atoms with Gasteiger partial charge in [0.15, 0.2) is 0 Å². The van der Waals surface area contributed by atoms with Crippen LogP contribution < -0.4 is 0 Å². The van der Waals surface area contributed by atoms with Crippen molar-refractivity contribution in [1.82, 2.24) is 4.57 Å². The van der Waals surface area contributed by atoms with Gasteiger partial charge in [-0.2, -0.15) is 0 Å². The molecule has 1 aromatic carbocycles. The van der Waals surface area contributed by atoms with Gasteiger partial charge < -0.3 is 9.67 Å². The Bertz CT molecular complexity index is 633. The molecule has 4 heteroatoms. The summed E-state index contributed by atoms with van der Waals surface area (Å²) in [7, 11) is 0. The first-order valence-electron chi connectivity index (χ1n) is 6.32. The number of halogens is 1. The normalized spacial score (nSPS) is 18.1. The number of benzene rings is 1. The van der Waals surface area contributed by atoms with Crippen molar-refractivity contribution in [1.29, 1.82) is 0 Å². The number of aromatic carboxylic acids is 1. The van der Waals surface area contributed by atoms with E-state index in [0.717, 1.165) is 23.7 Å². The number of fused-ring (bicyclic) bond motifs is 1. The van der Waals surface area contributed by atoms with Crippen molar-refractivity contribution in [2.24, 2.45) is 0 Å². The highest BCUT2D eigenvalue weighted by atomic mass is 79.9. The molecule has 0 amide bonds. The Morgan fingerprint density at radius 1 is 1.32 bits per heavy atom. The van der Waals surface area contributed by atoms with Crippen molar-refractivity contribution in [3.05, 3.63) is 57.8 Å². The van der Waals surface area contributed by atoms with Gasteiger partial charge in [-0.1, -0.05) is 24.3 Å². The molecule has 3 rings (SSSR count). The van der Waals surface area contributed by atoms with Crippen LogP contribution >= 0.6 is 15.9 Å². The maximum Gasteiger partial charge on any atom is 0.352 e. The number of hydrogen-bond acceptors (Lipinski definition) is 1. The van der Waals surface area contributed by atoms with E-state index in [0.29, 0.717) is 5.69 Å². The average Bonchev–Trinajstić information content (AvgIpc) is 2.80. The van der Waals surface area contributed by atoms with E-state index in [1.807, 2.05) is 16.8 Å². The molecule has 0 spiro atoms. The van der Waals surface area contributed by atoms with Crippen LogP contribution in [0.25, 0.3) is 0 Å². The van der Waals surface area contributed by atoms with Crippen molar-refractivity contribution in [3.8, 4) is 0 Å². The lowest BCUT2D eigenvalue weighted by atomic mass is 9.88. The summed E-state index contributed by atoms with van der Waals surface area (Å²) < 4.78 is 2.71. The lowest BCUT2D eigenvalue weighted by Gasteiger charge is -2.26. The molecule has 1 aliphatic carbocycles. The second-order valence-electron chi connectivity index (χ2n) is 4.92. The Morgan fingerprint density at radius 2 is 2.05 bits per heavy atom. The molecule has 1 atom stereocenters. The van der Waals surface area contributed by atoms with Crippen molar-refractivity contribution in [3.63, 3.8) is 0 Å². The Kier molecular flexibility index (Phi) is 3.19. The maximum atomic E-state index is 11.3. The fourth-order valence-electron chi connectivity index (χ4n) is 2.84. The molecular formula is C15H14BrNO2. The van der Waals surface area contributed by atoms with Crippen molar-refractivity contribution in [2.75, 3.05) is 0 Å². The van der Waals surface area contributed by atoms with Crippen LogP contribution in [0.4, 0.5) is 0 Å². The third-order valence-electron chi connectivity index (χ3n) is 3.75. The number of carbonyl (C=O) groups is 1. The van der Waals surface area contributed by atoms with E-state index in [9.17, 15) is 9.90 Å². The first kappa shape index (κ1) is 12.5. The predicted octanol–water partition coefficient (Wildman–Crippen LogP) is 3.68. The first-order valence-corrected chi connectivity index (χ1v) is 7.12. The number of aromatic nitrogens is 1. The average molecular weight is 320 g/mol.